The number of pyridine rings is 1. The van der Waals surface area contributed by atoms with E-state index in [0.717, 1.165) is 72.1 Å². The molecule has 5 heterocycles. The lowest BCUT2D eigenvalue weighted by Crippen LogP contribution is -2.40. The number of nitrogens with one attached hydrogen (secondary N) is 3. The zero-order valence-corrected chi connectivity index (χ0v) is 47.8. The molecule has 3 amide bonds. The van der Waals surface area contributed by atoms with E-state index >= 15 is 0 Å². The molecule has 434 valence electrons. The standard InChI is InChI=1S/C59H66N12O11S/c1-60-83(77,78)34-38-11-17-43(18-12-38)69(4)55-44-22-25-71(56(44)63-35-62-55)58(75)67(2)26-27-68(3)59(76)80-33-37-9-14-41(15-10-37)65-66-42-16-19-50(72)46(30-42)57(74)61-23-7-6-8-53(73)82-54-47-32-70-24-21-40-28-48-52(81-36-64-48)31-45(40)49(70)29-39(47)13-20-51(54)79-5/h9-10,13-16,19-20,22,25,28-32,35,38,43,60H,6-8,11-12,17-18,21,23-24,26-27,33-34,36H2,1-5H3,(H2,61,65,72,74)/p+1/t38-,43-. The van der Waals surface area contributed by atoms with Gasteiger partial charge in [0, 0.05) is 71.9 Å². The van der Waals surface area contributed by atoms with Gasteiger partial charge in [0.25, 0.3) is 5.91 Å². The molecule has 4 N–H and O–H groups in total. The van der Waals surface area contributed by atoms with Gasteiger partial charge in [-0.1, -0.05) is 12.1 Å². The van der Waals surface area contributed by atoms with Crippen LogP contribution in [0.25, 0.3) is 33.1 Å². The Labute approximate surface area is 480 Å². The molecule has 2 aliphatic heterocycles. The molecule has 1 aliphatic carbocycles. The van der Waals surface area contributed by atoms with Crippen LogP contribution in [-0.2, 0) is 39.1 Å². The molecule has 0 spiro atoms. The van der Waals surface area contributed by atoms with Gasteiger partial charge in [-0.05, 0) is 129 Å². The van der Waals surface area contributed by atoms with Crippen molar-refractivity contribution in [2.45, 2.75) is 70.6 Å². The number of phenols is 1. The van der Waals surface area contributed by atoms with Gasteiger partial charge < -0.3 is 49.4 Å². The number of rotatable bonds is 20. The first kappa shape index (κ1) is 57.3. The smallest absolute Gasteiger partial charge is 0.409 e. The zero-order valence-electron chi connectivity index (χ0n) is 47.0. The summed E-state index contributed by atoms with van der Waals surface area (Å²) in [5.41, 5.74) is 6.38. The number of aromatic hydroxyl groups is 1. The average molecular weight is 1150 g/mol. The van der Waals surface area contributed by atoms with Crippen molar-refractivity contribution in [2.24, 2.45) is 16.1 Å². The summed E-state index contributed by atoms with van der Waals surface area (Å²) < 4.78 is 53.1. The van der Waals surface area contributed by atoms with Crippen LogP contribution in [0, 0.1) is 5.92 Å². The number of benzene rings is 4. The Morgan fingerprint density at radius 3 is 2.46 bits per heavy atom. The number of likely N-dealkylation sites (N-methyl/N-ethyl adjacent to an activating group) is 2. The summed E-state index contributed by atoms with van der Waals surface area (Å²) in [6, 6.07) is 22.9. The molecule has 3 aromatic heterocycles. The number of esters is 1. The topological polar surface area (TPSA) is 265 Å². The number of aromatic nitrogens is 4. The molecule has 1 saturated carbocycles. The molecule has 0 radical (unpaired) electrons. The van der Waals surface area contributed by atoms with Crippen molar-refractivity contribution in [3.8, 4) is 34.3 Å². The molecule has 3 aliphatic rings. The van der Waals surface area contributed by atoms with Gasteiger partial charge in [-0.25, -0.2) is 32.7 Å². The second kappa shape index (κ2) is 25.1. The second-order valence-electron chi connectivity index (χ2n) is 21.0. The summed E-state index contributed by atoms with van der Waals surface area (Å²) in [5, 5.41) is 27.5. The third-order valence-electron chi connectivity index (χ3n) is 15.5. The number of amides is 3. The van der Waals surface area contributed by atoms with Gasteiger partial charge in [0.05, 0.1) is 51.8 Å². The van der Waals surface area contributed by atoms with Crippen molar-refractivity contribution >= 4 is 78.7 Å². The van der Waals surface area contributed by atoms with E-state index in [2.05, 4.69) is 63.2 Å². The van der Waals surface area contributed by atoms with Crippen LogP contribution in [0.15, 0.2) is 108 Å². The number of carbonyl (C=O) groups excluding carboxylic acids is 4. The lowest BCUT2D eigenvalue weighted by atomic mass is 9.86. The van der Waals surface area contributed by atoms with Crippen LogP contribution in [-0.4, -0.2) is 135 Å². The number of sulfonamides is 1. The summed E-state index contributed by atoms with van der Waals surface area (Å²) in [5.74, 6) is 1.35. The van der Waals surface area contributed by atoms with E-state index in [-0.39, 0.29) is 67.7 Å². The largest absolute Gasteiger partial charge is 0.507 e. The minimum atomic E-state index is -3.28. The molecule has 0 saturated heterocycles. The van der Waals surface area contributed by atoms with Crippen LogP contribution in [0.3, 0.4) is 0 Å². The van der Waals surface area contributed by atoms with Gasteiger partial charge in [0.1, 0.15) is 30.3 Å². The van der Waals surface area contributed by atoms with Crippen molar-refractivity contribution in [3.63, 3.8) is 0 Å². The Kier molecular flexibility index (Phi) is 17.3. The zero-order chi connectivity index (χ0) is 58.4. The van der Waals surface area contributed by atoms with Crippen LogP contribution in [0.4, 0.5) is 32.5 Å². The molecule has 1 fully saturated rings. The van der Waals surface area contributed by atoms with E-state index in [0.29, 0.717) is 64.9 Å². The van der Waals surface area contributed by atoms with E-state index in [9.17, 15) is 32.7 Å². The molecule has 0 unspecified atom stereocenters. The Morgan fingerprint density at radius 1 is 0.904 bits per heavy atom. The maximum atomic E-state index is 13.6. The predicted octanol–water partition coefficient (Wildman–Crippen LogP) is 8.20. The number of aryl methyl sites for hydroxylation is 2. The quantitative estimate of drug-likeness (QED) is 0.0184. The summed E-state index contributed by atoms with van der Waals surface area (Å²) in [7, 11) is 4.89. The van der Waals surface area contributed by atoms with E-state index in [4.69, 9.17) is 18.9 Å². The first-order chi connectivity index (χ1) is 40.1. The number of azo groups is 1. The van der Waals surface area contributed by atoms with Crippen LogP contribution in [0.1, 0.15) is 66.4 Å². The second-order valence-corrected chi connectivity index (χ2v) is 23.0. The third-order valence-corrected chi connectivity index (χ3v) is 17.1. The van der Waals surface area contributed by atoms with Crippen molar-refractivity contribution in [1.29, 1.82) is 0 Å². The summed E-state index contributed by atoms with van der Waals surface area (Å²) >= 11 is 0. The maximum Gasteiger partial charge on any atom is 0.409 e. The highest BCUT2D eigenvalue weighted by Gasteiger charge is 2.31. The lowest BCUT2D eigenvalue weighted by molar-refractivity contribution is -0.686. The van der Waals surface area contributed by atoms with Crippen molar-refractivity contribution in [3.05, 3.63) is 114 Å². The van der Waals surface area contributed by atoms with E-state index in [1.54, 1.807) is 50.6 Å². The van der Waals surface area contributed by atoms with Gasteiger partial charge in [-0.3, -0.25) is 14.2 Å². The number of hydrogen-bond acceptors (Lipinski definition) is 17. The van der Waals surface area contributed by atoms with Crippen LogP contribution in [0.2, 0.25) is 0 Å². The molecule has 0 bridgehead atoms. The Balaban J connectivity index is 0.647. The molecule has 10 rings (SSSR count). The molecular formula is C59H67N12O11S+. The average Bonchev–Trinajstić information content (AvgIpc) is 4.39. The number of fused-ring (bicyclic) bond motifs is 6. The molecule has 7 aromatic rings. The highest BCUT2D eigenvalue weighted by atomic mass is 32.2. The van der Waals surface area contributed by atoms with Gasteiger partial charge in [-0.2, -0.15) is 14.8 Å². The molecule has 23 nitrogen and oxygen atoms in total. The van der Waals surface area contributed by atoms with E-state index in [1.165, 1.54) is 58.6 Å². The molecule has 4 aromatic carbocycles. The number of phenolic OH excluding ortho intramolecular Hbond substituents is 1. The van der Waals surface area contributed by atoms with Gasteiger partial charge in [0.2, 0.25) is 15.7 Å². The number of nitrogens with zero attached hydrogens (tertiary/aromatic N) is 9. The number of methoxy groups -OCH3 is 1. The minimum Gasteiger partial charge on any atom is -0.507 e. The lowest BCUT2D eigenvalue weighted by Gasteiger charge is -2.35. The summed E-state index contributed by atoms with van der Waals surface area (Å²) in [4.78, 5) is 67.0. The van der Waals surface area contributed by atoms with Gasteiger partial charge in [-0.15, -0.1) is 0 Å². The molecule has 24 heteroatoms. The number of ether oxygens (including phenoxy) is 4. The van der Waals surface area contributed by atoms with Crippen LogP contribution >= 0.6 is 0 Å². The molecule has 0 atom stereocenters. The van der Waals surface area contributed by atoms with E-state index < -0.39 is 28.0 Å². The molecule has 83 heavy (non-hydrogen) atoms. The van der Waals surface area contributed by atoms with Crippen LogP contribution in [0.5, 0.6) is 23.0 Å². The van der Waals surface area contributed by atoms with Gasteiger partial charge in [0.15, 0.2) is 36.6 Å². The summed E-state index contributed by atoms with van der Waals surface area (Å²) in [6.45, 7) is 1.83. The predicted molar refractivity (Wildman–Crippen MR) is 310 cm³/mol. The van der Waals surface area contributed by atoms with Crippen molar-refractivity contribution < 1.29 is 56.2 Å². The molecular weight excluding hydrogens is 1080 g/mol. The maximum absolute atomic E-state index is 13.6. The number of unbranched alkanes of at least 4 members (excludes halogenated alkanes) is 1. The van der Waals surface area contributed by atoms with Crippen molar-refractivity contribution in [1.82, 2.24) is 34.4 Å². The number of carbonyl (C=O) groups is 4. The monoisotopic (exact) mass is 1150 g/mol. The Bertz CT molecular complexity index is 3740. The highest BCUT2D eigenvalue weighted by molar-refractivity contribution is 7.89. The fourth-order valence-corrected chi connectivity index (χ4v) is 11.8. The fourth-order valence-electron chi connectivity index (χ4n) is 10.7. The normalized spacial score (nSPS) is 15.4. The van der Waals surface area contributed by atoms with Crippen molar-refractivity contribution in [2.75, 3.05) is 77.6 Å². The Hall–Kier alpha value is -8.90. The SMILES string of the molecule is CNS(=O)(=O)C[C@H]1CC[C@H](N(C)c2ncnc3c2ccn3C(=O)N(C)CCN(C)C(=O)OCc2ccc(/N=N/c3ccc(O)c(C(=O)NCCCCC(=O)Oc4c(OC)ccc5cc6[n+](cc45)CCc4cc5c(cc4-6)OCN5)c3)cc2)CC1. The van der Waals surface area contributed by atoms with Crippen LogP contribution < -0.4 is 39.0 Å². The van der Waals surface area contributed by atoms with Gasteiger partial charge >= 0.3 is 18.1 Å². The highest BCUT2D eigenvalue weighted by Crippen LogP contribution is 2.41. The first-order valence-electron chi connectivity index (χ1n) is 27.6. The fraction of sp³-hybridized carbons (Fsp3) is 0.373. The summed E-state index contributed by atoms with van der Waals surface area (Å²) in [6.07, 6.45) is 9.56. The number of hydrogen-bond donors (Lipinski definition) is 4. The Morgan fingerprint density at radius 2 is 1.67 bits per heavy atom. The third kappa shape index (κ3) is 13.1. The first-order valence-corrected chi connectivity index (χ1v) is 29.2. The van der Waals surface area contributed by atoms with E-state index in [1.807, 2.05) is 25.4 Å². The number of anilines is 2. The minimum absolute atomic E-state index is 0.0135.